The van der Waals surface area contributed by atoms with Crippen molar-refractivity contribution < 1.29 is 19.0 Å². The number of carbonyl (C=O) groups is 1. The molecule has 0 spiro atoms. The standard InChI is InChI=1S/C33H32N2O5S/c1-5-39-32(37)28-29(23-10-7-6-8-11-23)34-33-35(30(28)24-12-9-13-26(19-24)38-4)31(36)27(41-33)18-22-14-16-25(17-15-22)40-20-21(2)3/h6-19,21,30H,5,20H2,1-4H3/b27-18+/t30-/m0/s1. The first-order valence-corrected chi connectivity index (χ1v) is 14.4. The third-order valence-electron chi connectivity index (χ3n) is 6.54. The fourth-order valence-corrected chi connectivity index (χ4v) is 5.64. The number of aromatic nitrogens is 1. The summed E-state index contributed by atoms with van der Waals surface area (Å²) in [7, 11) is 1.58. The summed E-state index contributed by atoms with van der Waals surface area (Å²) in [4.78, 5) is 33.0. The average Bonchev–Trinajstić information content (AvgIpc) is 3.30. The summed E-state index contributed by atoms with van der Waals surface area (Å²) in [6, 6.07) is 23.8. The summed E-state index contributed by atoms with van der Waals surface area (Å²) in [5.41, 5.74) is 2.88. The van der Waals surface area contributed by atoms with Crippen molar-refractivity contribution in [1.29, 1.82) is 0 Å². The number of benzene rings is 3. The van der Waals surface area contributed by atoms with Crippen LogP contribution in [0.1, 0.15) is 43.5 Å². The first-order valence-electron chi connectivity index (χ1n) is 13.5. The second-order valence-electron chi connectivity index (χ2n) is 9.98. The molecule has 0 fully saturated rings. The Morgan fingerprint density at radius 2 is 1.78 bits per heavy atom. The molecule has 0 saturated heterocycles. The van der Waals surface area contributed by atoms with Crippen LogP contribution in [-0.2, 0) is 9.53 Å². The number of carbonyl (C=O) groups excluding carboxylic acids is 1. The zero-order valence-corrected chi connectivity index (χ0v) is 24.3. The molecule has 1 aliphatic heterocycles. The molecule has 5 rings (SSSR count). The quantitative estimate of drug-likeness (QED) is 0.266. The third-order valence-corrected chi connectivity index (χ3v) is 7.53. The van der Waals surface area contributed by atoms with Crippen LogP contribution in [0, 0.1) is 5.92 Å². The van der Waals surface area contributed by atoms with Gasteiger partial charge in [0.15, 0.2) is 4.80 Å². The highest BCUT2D eigenvalue weighted by molar-refractivity contribution is 7.07. The van der Waals surface area contributed by atoms with Crippen LogP contribution in [0.15, 0.2) is 94.2 Å². The predicted molar refractivity (Wildman–Crippen MR) is 161 cm³/mol. The van der Waals surface area contributed by atoms with E-state index in [2.05, 4.69) is 13.8 Å². The van der Waals surface area contributed by atoms with E-state index in [0.29, 0.717) is 38.9 Å². The van der Waals surface area contributed by atoms with Crippen molar-refractivity contribution in [1.82, 2.24) is 4.57 Å². The Kier molecular flexibility index (Phi) is 8.50. The molecule has 2 heterocycles. The molecule has 1 aliphatic rings. The Morgan fingerprint density at radius 3 is 2.46 bits per heavy atom. The summed E-state index contributed by atoms with van der Waals surface area (Å²) >= 11 is 1.29. The molecule has 0 unspecified atom stereocenters. The molecule has 0 amide bonds. The van der Waals surface area contributed by atoms with E-state index in [9.17, 15) is 9.59 Å². The molecule has 210 valence electrons. The maximum Gasteiger partial charge on any atom is 0.338 e. The van der Waals surface area contributed by atoms with E-state index in [-0.39, 0.29) is 12.2 Å². The van der Waals surface area contributed by atoms with Crippen LogP contribution in [0.2, 0.25) is 0 Å². The van der Waals surface area contributed by atoms with Crippen molar-refractivity contribution in [3.8, 4) is 11.5 Å². The van der Waals surface area contributed by atoms with Crippen molar-refractivity contribution in [3.05, 3.63) is 121 Å². The van der Waals surface area contributed by atoms with Crippen LogP contribution < -0.4 is 24.4 Å². The Hall–Kier alpha value is -4.43. The minimum absolute atomic E-state index is 0.191. The molecule has 0 bridgehead atoms. The first-order chi connectivity index (χ1) is 19.9. The van der Waals surface area contributed by atoms with Gasteiger partial charge in [0, 0.05) is 5.56 Å². The number of methoxy groups -OCH3 is 1. The number of hydrogen-bond acceptors (Lipinski definition) is 7. The fourth-order valence-electron chi connectivity index (χ4n) is 4.64. The Bertz CT molecular complexity index is 1750. The highest BCUT2D eigenvalue weighted by Gasteiger charge is 2.35. The predicted octanol–water partition coefficient (Wildman–Crippen LogP) is 4.98. The smallest absolute Gasteiger partial charge is 0.338 e. The molecule has 3 aromatic carbocycles. The van der Waals surface area contributed by atoms with Crippen LogP contribution in [0.3, 0.4) is 0 Å². The topological polar surface area (TPSA) is 79.1 Å². The number of thiazole rings is 1. The zero-order valence-electron chi connectivity index (χ0n) is 23.5. The van der Waals surface area contributed by atoms with Crippen molar-refractivity contribution in [2.75, 3.05) is 20.3 Å². The average molecular weight is 569 g/mol. The minimum atomic E-state index is -0.760. The highest BCUT2D eigenvalue weighted by Crippen LogP contribution is 2.36. The highest BCUT2D eigenvalue weighted by atomic mass is 32.1. The SMILES string of the molecule is CCOC(=O)C1=C(c2ccccc2)N=c2s/c(=C/c3ccc(OCC(C)C)cc3)c(=O)n2[C@H]1c1cccc(OC)c1. The van der Waals surface area contributed by atoms with Gasteiger partial charge in [0.1, 0.15) is 11.5 Å². The van der Waals surface area contributed by atoms with Gasteiger partial charge < -0.3 is 14.2 Å². The Morgan fingerprint density at radius 1 is 1.02 bits per heavy atom. The number of hydrogen-bond donors (Lipinski definition) is 0. The lowest BCUT2D eigenvalue weighted by Gasteiger charge is -2.26. The molecule has 1 aromatic heterocycles. The molecular formula is C33H32N2O5S. The van der Waals surface area contributed by atoms with Gasteiger partial charge in [-0.15, -0.1) is 0 Å². The number of fused-ring (bicyclic) bond motifs is 1. The van der Waals surface area contributed by atoms with Gasteiger partial charge in [-0.2, -0.15) is 0 Å². The van der Waals surface area contributed by atoms with E-state index in [0.717, 1.165) is 22.4 Å². The van der Waals surface area contributed by atoms with Gasteiger partial charge >= 0.3 is 5.97 Å². The van der Waals surface area contributed by atoms with Gasteiger partial charge in [-0.05, 0) is 54.3 Å². The van der Waals surface area contributed by atoms with Crippen LogP contribution >= 0.6 is 11.3 Å². The number of esters is 1. The summed E-state index contributed by atoms with van der Waals surface area (Å²) < 4.78 is 18.9. The lowest BCUT2D eigenvalue weighted by atomic mass is 9.93. The van der Waals surface area contributed by atoms with E-state index in [1.165, 1.54) is 11.3 Å². The van der Waals surface area contributed by atoms with Crippen molar-refractivity contribution in [2.45, 2.75) is 26.8 Å². The van der Waals surface area contributed by atoms with Crippen molar-refractivity contribution in [2.24, 2.45) is 10.9 Å². The molecule has 0 saturated carbocycles. The van der Waals surface area contributed by atoms with E-state index in [1.807, 2.05) is 84.9 Å². The largest absolute Gasteiger partial charge is 0.497 e. The van der Waals surface area contributed by atoms with Gasteiger partial charge in [0.25, 0.3) is 5.56 Å². The van der Waals surface area contributed by atoms with Crippen LogP contribution in [0.5, 0.6) is 11.5 Å². The van der Waals surface area contributed by atoms with Crippen LogP contribution in [-0.4, -0.2) is 30.9 Å². The van der Waals surface area contributed by atoms with E-state index >= 15 is 0 Å². The monoisotopic (exact) mass is 568 g/mol. The number of rotatable bonds is 9. The van der Waals surface area contributed by atoms with Gasteiger partial charge in [-0.3, -0.25) is 9.36 Å². The molecule has 7 nitrogen and oxygen atoms in total. The summed E-state index contributed by atoms with van der Waals surface area (Å²) in [5.74, 6) is 1.30. The summed E-state index contributed by atoms with van der Waals surface area (Å²) in [6.07, 6.45) is 1.84. The minimum Gasteiger partial charge on any atom is -0.497 e. The van der Waals surface area contributed by atoms with Crippen molar-refractivity contribution >= 4 is 29.1 Å². The molecule has 1 atom stereocenters. The molecule has 0 N–H and O–H groups in total. The lowest BCUT2D eigenvalue weighted by Crippen LogP contribution is -2.40. The van der Waals surface area contributed by atoms with E-state index < -0.39 is 12.0 Å². The lowest BCUT2D eigenvalue weighted by molar-refractivity contribution is -0.138. The summed E-state index contributed by atoms with van der Waals surface area (Å²) in [6.45, 7) is 6.79. The maximum absolute atomic E-state index is 14.0. The van der Waals surface area contributed by atoms with Gasteiger partial charge in [-0.1, -0.05) is 79.8 Å². The normalized spacial score (nSPS) is 15.0. The van der Waals surface area contributed by atoms with Gasteiger partial charge in [-0.25, -0.2) is 9.79 Å². The van der Waals surface area contributed by atoms with Crippen LogP contribution in [0.4, 0.5) is 0 Å². The van der Waals surface area contributed by atoms with E-state index in [4.69, 9.17) is 19.2 Å². The number of ether oxygens (including phenoxy) is 3. The Labute approximate surface area is 242 Å². The van der Waals surface area contributed by atoms with Crippen molar-refractivity contribution in [3.63, 3.8) is 0 Å². The Balaban J connectivity index is 1.71. The summed E-state index contributed by atoms with van der Waals surface area (Å²) in [5, 5.41) is 0. The third kappa shape index (κ3) is 6.02. The molecular weight excluding hydrogens is 536 g/mol. The maximum atomic E-state index is 14.0. The fraction of sp³-hybridized carbons (Fsp3) is 0.242. The van der Waals surface area contributed by atoms with Crippen LogP contribution in [0.25, 0.3) is 11.8 Å². The molecule has 0 radical (unpaired) electrons. The molecule has 8 heteroatoms. The first kappa shape index (κ1) is 28.1. The second kappa shape index (κ2) is 12.4. The second-order valence-corrected chi connectivity index (χ2v) is 11.0. The molecule has 0 aliphatic carbocycles. The van der Waals surface area contributed by atoms with Gasteiger partial charge in [0.2, 0.25) is 0 Å². The molecule has 41 heavy (non-hydrogen) atoms. The zero-order chi connectivity index (χ0) is 28.9. The van der Waals surface area contributed by atoms with E-state index in [1.54, 1.807) is 18.6 Å². The molecule has 4 aromatic rings. The van der Waals surface area contributed by atoms with Gasteiger partial charge in [0.05, 0.1) is 42.2 Å². The number of nitrogens with zero attached hydrogens (tertiary/aromatic N) is 2.